The van der Waals surface area contributed by atoms with Crippen LogP contribution < -0.4 is 0 Å². The highest BCUT2D eigenvalue weighted by Gasteiger charge is 2.49. The Bertz CT molecular complexity index is 570. The van der Waals surface area contributed by atoms with E-state index in [1.165, 1.54) is 0 Å². The van der Waals surface area contributed by atoms with Crippen LogP contribution in [0.15, 0.2) is 18.5 Å². The van der Waals surface area contributed by atoms with E-state index in [0.29, 0.717) is 11.9 Å². The van der Waals surface area contributed by atoms with Gasteiger partial charge in [-0.1, -0.05) is 0 Å². The molecule has 6 heteroatoms. The SMILES string of the molecule is O=C1N(C2CCOCC2)CCCC12CCN(CCCn1cccn1)C2. The standard InChI is InChI=1S/C19H30N4O2/c24-18-19(6-1-12-23(18)17-4-14-25-15-5-17)7-13-21(16-19)9-3-11-22-10-2-8-20-22/h2,8,10,17H,1,3-7,9,11-16H2. The third-order valence-corrected chi connectivity index (χ3v) is 6.25. The molecule has 0 N–H and O–H groups in total. The Morgan fingerprint density at radius 1 is 1.20 bits per heavy atom. The average Bonchev–Trinajstić information content (AvgIpc) is 3.29. The lowest BCUT2D eigenvalue weighted by Gasteiger charge is -2.44. The number of rotatable bonds is 5. The summed E-state index contributed by atoms with van der Waals surface area (Å²) >= 11 is 0. The van der Waals surface area contributed by atoms with Gasteiger partial charge in [0.1, 0.15) is 0 Å². The van der Waals surface area contributed by atoms with Crippen LogP contribution in [0.2, 0.25) is 0 Å². The lowest BCUT2D eigenvalue weighted by Crippen LogP contribution is -2.54. The second-order valence-corrected chi connectivity index (χ2v) is 7.87. The minimum absolute atomic E-state index is 0.109. The number of carbonyl (C=O) groups is 1. The molecule has 3 fully saturated rings. The minimum Gasteiger partial charge on any atom is -0.381 e. The fraction of sp³-hybridized carbons (Fsp3) is 0.789. The van der Waals surface area contributed by atoms with Crippen LogP contribution in [0.25, 0.3) is 0 Å². The largest absolute Gasteiger partial charge is 0.381 e. The molecule has 0 bridgehead atoms. The molecule has 1 aromatic heterocycles. The van der Waals surface area contributed by atoms with Gasteiger partial charge in [0.05, 0.1) is 5.41 Å². The number of nitrogens with zero attached hydrogens (tertiary/aromatic N) is 4. The summed E-state index contributed by atoms with van der Waals surface area (Å²) in [6, 6.07) is 2.38. The minimum atomic E-state index is -0.109. The van der Waals surface area contributed by atoms with Gasteiger partial charge in [-0.15, -0.1) is 0 Å². The first-order valence-electron chi connectivity index (χ1n) is 9.85. The van der Waals surface area contributed by atoms with Gasteiger partial charge in [-0.2, -0.15) is 5.10 Å². The van der Waals surface area contributed by atoms with E-state index in [-0.39, 0.29) is 5.41 Å². The van der Waals surface area contributed by atoms with Crippen LogP contribution in [0.5, 0.6) is 0 Å². The summed E-state index contributed by atoms with van der Waals surface area (Å²) in [5, 5.41) is 4.26. The number of hydrogen-bond acceptors (Lipinski definition) is 4. The van der Waals surface area contributed by atoms with Gasteiger partial charge in [-0.05, 0) is 57.7 Å². The van der Waals surface area contributed by atoms with E-state index in [9.17, 15) is 4.79 Å². The molecule has 6 nitrogen and oxygen atoms in total. The van der Waals surface area contributed by atoms with E-state index in [4.69, 9.17) is 4.74 Å². The first-order valence-corrected chi connectivity index (χ1v) is 9.85. The quantitative estimate of drug-likeness (QED) is 0.815. The van der Waals surface area contributed by atoms with Gasteiger partial charge in [-0.25, -0.2) is 0 Å². The highest BCUT2D eigenvalue weighted by atomic mass is 16.5. The lowest BCUT2D eigenvalue weighted by molar-refractivity contribution is -0.150. The van der Waals surface area contributed by atoms with E-state index in [1.54, 1.807) is 0 Å². The third-order valence-electron chi connectivity index (χ3n) is 6.25. The molecule has 1 spiro atoms. The number of hydrogen-bond donors (Lipinski definition) is 0. The lowest BCUT2D eigenvalue weighted by atomic mass is 9.77. The Hall–Kier alpha value is -1.40. The summed E-state index contributed by atoms with van der Waals surface area (Å²) in [6.07, 6.45) is 10.2. The highest BCUT2D eigenvalue weighted by Crippen LogP contribution is 2.41. The fourth-order valence-electron chi connectivity index (χ4n) is 4.86. The fourth-order valence-corrected chi connectivity index (χ4v) is 4.86. The van der Waals surface area contributed by atoms with Crippen molar-refractivity contribution in [1.29, 1.82) is 0 Å². The first kappa shape index (κ1) is 17.0. The van der Waals surface area contributed by atoms with Crippen LogP contribution in [0.3, 0.4) is 0 Å². The molecule has 1 aromatic rings. The van der Waals surface area contributed by atoms with Crippen molar-refractivity contribution < 1.29 is 9.53 Å². The molecule has 4 rings (SSSR count). The third kappa shape index (κ3) is 3.60. The van der Waals surface area contributed by atoms with Crippen LogP contribution >= 0.6 is 0 Å². The van der Waals surface area contributed by atoms with E-state index in [2.05, 4.69) is 14.9 Å². The van der Waals surface area contributed by atoms with Crippen LogP contribution in [-0.4, -0.2) is 70.9 Å². The Morgan fingerprint density at radius 2 is 2.08 bits per heavy atom. The van der Waals surface area contributed by atoms with Gasteiger partial charge in [0.25, 0.3) is 0 Å². The van der Waals surface area contributed by atoms with Crippen molar-refractivity contribution in [2.45, 2.75) is 51.1 Å². The normalized spacial score (nSPS) is 29.0. The monoisotopic (exact) mass is 346 g/mol. The molecule has 0 aromatic carbocycles. The second-order valence-electron chi connectivity index (χ2n) is 7.87. The number of likely N-dealkylation sites (tertiary alicyclic amines) is 2. The molecule has 0 radical (unpaired) electrons. The van der Waals surface area contributed by atoms with Gasteiger partial charge >= 0.3 is 0 Å². The van der Waals surface area contributed by atoms with Gasteiger partial charge in [0.15, 0.2) is 0 Å². The molecule has 3 aliphatic heterocycles. The maximum atomic E-state index is 13.3. The zero-order valence-corrected chi connectivity index (χ0v) is 15.1. The van der Waals surface area contributed by atoms with E-state index in [1.807, 2.05) is 23.1 Å². The predicted molar refractivity (Wildman–Crippen MR) is 95.1 cm³/mol. The van der Waals surface area contributed by atoms with E-state index >= 15 is 0 Å². The van der Waals surface area contributed by atoms with Gasteiger partial charge < -0.3 is 14.5 Å². The number of amides is 1. The molecule has 1 atom stereocenters. The van der Waals surface area contributed by atoms with Crippen molar-refractivity contribution in [3.63, 3.8) is 0 Å². The molecule has 1 unspecified atom stereocenters. The molecule has 1 amide bonds. The molecule has 138 valence electrons. The summed E-state index contributed by atoms with van der Waals surface area (Å²) in [5.41, 5.74) is -0.109. The van der Waals surface area contributed by atoms with Gasteiger partial charge in [0.2, 0.25) is 5.91 Å². The Labute approximate surface area is 150 Å². The Balaban J connectivity index is 1.32. The molecule has 0 saturated carbocycles. The van der Waals surface area contributed by atoms with Crippen molar-refractivity contribution in [3.8, 4) is 0 Å². The molecule has 3 saturated heterocycles. The van der Waals surface area contributed by atoms with Crippen molar-refractivity contribution in [2.24, 2.45) is 5.41 Å². The maximum absolute atomic E-state index is 13.3. The number of ether oxygens (including phenoxy) is 1. The topological polar surface area (TPSA) is 50.6 Å². The van der Waals surface area contributed by atoms with Crippen LogP contribution in [0.4, 0.5) is 0 Å². The molecular weight excluding hydrogens is 316 g/mol. The van der Waals surface area contributed by atoms with Crippen molar-refractivity contribution >= 4 is 5.91 Å². The Kier molecular flexibility index (Phi) is 5.08. The van der Waals surface area contributed by atoms with Crippen molar-refractivity contribution in [2.75, 3.05) is 39.4 Å². The van der Waals surface area contributed by atoms with Crippen LogP contribution in [0.1, 0.15) is 38.5 Å². The van der Waals surface area contributed by atoms with Crippen molar-refractivity contribution in [3.05, 3.63) is 18.5 Å². The molecule has 3 aliphatic rings. The summed E-state index contributed by atoms with van der Waals surface area (Å²) in [4.78, 5) is 18.0. The van der Waals surface area contributed by atoms with Gasteiger partial charge in [-0.3, -0.25) is 9.48 Å². The van der Waals surface area contributed by atoms with E-state index in [0.717, 1.165) is 84.5 Å². The highest BCUT2D eigenvalue weighted by molar-refractivity contribution is 5.84. The Morgan fingerprint density at radius 3 is 2.88 bits per heavy atom. The first-order chi connectivity index (χ1) is 12.3. The van der Waals surface area contributed by atoms with Crippen LogP contribution in [0, 0.1) is 5.41 Å². The zero-order valence-electron chi connectivity index (χ0n) is 15.1. The molecule has 4 heterocycles. The van der Waals surface area contributed by atoms with Crippen LogP contribution in [-0.2, 0) is 16.1 Å². The number of carbonyl (C=O) groups excluding carboxylic acids is 1. The molecule has 25 heavy (non-hydrogen) atoms. The number of aryl methyl sites for hydroxylation is 1. The molecule has 0 aliphatic carbocycles. The predicted octanol–water partition coefficient (Wildman–Crippen LogP) is 1.77. The summed E-state index contributed by atoms with van der Waals surface area (Å²) in [5.74, 6) is 0.431. The maximum Gasteiger partial charge on any atom is 0.230 e. The zero-order chi connectivity index (χ0) is 17.1. The number of piperidine rings is 1. The summed E-state index contributed by atoms with van der Waals surface area (Å²) < 4.78 is 7.47. The van der Waals surface area contributed by atoms with Gasteiger partial charge in [0, 0.05) is 51.3 Å². The number of aromatic nitrogens is 2. The molecular formula is C19H30N4O2. The summed E-state index contributed by atoms with van der Waals surface area (Å²) in [7, 11) is 0. The second kappa shape index (κ2) is 7.46. The smallest absolute Gasteiger partial charge is 0.230 e. The van der Waals surface area contributed by atoms with Crippen molar-refractivity contribution in [1.82, 2.24) is 19.6 Å². The van der Waals surface area contributed by atoms with E-state index < -0.39 is 0 Å². The average molecular weight is 346 g/mol. The summed E-state index contributed by atoms with van der Waals surface area (Å²) in [6.45, 7) is 6.59.